The highest BCUT2D eigenvalue weighted by Gasteiger charge is 2.00. The number of hydrogen-bond acceptors (Lipinski definition) is 2. The number of aromatic nitrogens is 1. The number of pyridine rings is 1. The highest BCUT2D eigenvalue weighted by atomic mass is 14.7. The fourth-order valence-electron chi connectivity index (χ4n) is 1.68. The van der Waals surface area contributed by atoms with E-state index in [4.69, 9.17) is 5.73 Å². The van der Waals surface area contributed by atoms with Gasteiger partial charge in [0, 0.05) is 6.20 Å². The Labute approximate surface area is 96.1 Å². The maximum absolute atomic E-state index is 5.85. The first-order valence-corrected chi connectivity index (χ1v) is 5.50. The van der Waals surface area contributed by atoms with Crippen molar-refractivity contribution < 1.29 is 0 Å². The molecule has 1 aromatic carbocycles. The molecule has 0 amide bonds. The van der Waals surface area contributed by atoms with Crippen molar-refractivity contribution in [2.75, 3.05) is 5.73 Å². The summed E-state index contributed by atoms with van der Waals surface area (Å²) in [5.74, 6) is 0. The van der Waals surface area contributed by atoms with Gasteiger partial charge < -0.3 is 5.73 Å². The molecule has 0 radical (unpaired) electrons. The fraction of sp³-hybridized carbons (Fsp3) is 0.214. The lowest BCUT2D eigenvalue weighted by molar-refractivity contribution is 0.917. The van der Waals surface area contributed by atoms with E-state index in [1.807, 2.05) is 12.1 Å². The summed E-state index contributed by atoms with van der Waals surface area (Å²) >= 11 is 0. The van der Waals surface area contributed by atoms with Crippen LogP contribution in [-0.4, -0.2) is 4.98 Å². The van der Waals surface area contributed by atoms with Gasteiger partial charge in [0.25, 0.3) is 0 Å². The molecule has 0 aliphatic heterocycles. The van der Waals surface area contributed by atoms with Crippen LogP contribution in [0.5, 0.6) is 0 Å². The van der Waals surface area contributed by atoms with Gasteiger partial charge in [-0.15, -0.1) is 0 Å². The van der Waals surface area contributed by atoms with Crippen LogP contribution in [0.4, 0.5) is 5.69 Å². The van der Waals surface area contributed by atoms with Gasteiger partial charge in [-0.1, -0.05) is 29.8 Å². The van der Waals surface area contributed by atoms with E-state index >= 15 is 0 Å². The van der Waals surface area contributed by atoms with Crippen molar-refractivity contribution in [3.63, 3.8) is 0 Å². The summed E-state index contributed by atoms with van der Waals surface area (Å²) in [7, 11) is 0. The molecular weight excluding hydrogens is 196 g/mol. The number of nitrogens with zero attached hydrogens (tertiary/aromatic N) is 1. The lowest BCUT2D eigenvalue weighted by Crippen LogP contribution is -1.99. The number of hydrogen-bond donors (Lipinski definition) is 1. The van der Waals surface area contributed by atoms with Crippen LogP contribution in [0.1, 0.15) is 16.8 Å². The molecule has 0 aliphatic carbocycles. The molecule has 16 heavy (non-hydrogen) atoms. The lowest BCUT2D eigenvalue weighted by atomic mass is 10.1. The third kappa shape index (κ3) is 2.60. The lowest BCUT2D eigenvalue weighted by Gasteiger charge is -2.04. The zero-order chi connectivity index (χ0) is 11.4. The number of nitrogen functional groups attached to an aromatic ring is 1. The summed E-state index contributed by atoms with van der Waals surface area (Å²) in [5, 5.41) is 0. The summed E-state index contributed by atoms with van der Waals surface area (Å²) in [4.78, 5) is 4.29. The molecule has 1 heterocycles. The van der Waals surface area contributed by atoms with Gasteiger partial charge in [0.15, 0.2) is 0 Å². The van der Waals surface area contributed by atoms with E-state index in [0.29, 0.717) is 0 Å². The molecular formula is C14H16N2. The second-order valence-corrected chi connectivity index (χ2v) is 4.02. The van der Waals surface area contributed by atoms with Crippen LogP contribution in [0.15, 0.2) is 42.6 Å². The van der Waals surface area contributed by atoms with Crippen molar-refractivity contribution in [2.45, 2.75) is 19.8 Å². The van der Waals surface area contributed by atoms with Gasteiger partial charge in [0.1, 0.15) is 0 Å². The Morgan fingerprint density at radius 1 is 1.06 bits per heavy atom. The largest absolute Gasteiger partial charge is 0.397 e. The van der Waals surface area contributed by atoms with Crippen molar-refractivity contribution in [3.8, 4) is 0 Å². The molecule has 0 atom stereocenters. The number of benzene rings is 1. The predicted molar refractivity (Wildman–Crippen MR) is 67.2 cm³/mol. The van der Waals surface area contributed by atoms with Crippen LogP contribution in [0, 0.1) is 6.92 Å². The summed E-state index contributed by atoms with van der Waals surface area (Å²) in [6.45, 7) is 2.10. The zero-order valence-electron chi connectivity index (χ0n) is 9.48. The van der Waals surface area contributed by atoms with Crippen molar-refractivity contribution in [1.29, 1.82) is 0 Å². The van der Waals surface area contributed by atoms with Crippen LogP contribution in [0.25, 0.3) is 0 Å². The van der Waals surface area contributed by atoms with Crippen LogP contribution in [0.3, 0.4) is 0 Å². The summed E-state index contributed by atoms with van der Waals surface area (Å²) in [6, 6.07) is 12.4. The molecule has 2 rings (SSSR count). The quantitative estimate of drug-likeness (QED) is 0.849. The Morgan fingerprint density at radius 2 is 1.81 bits per heavy atom. The standard InChI is InChI=1S/C14H16N2/c1-11-4-6-12(7-5-11)8-9-14-13(15)3-2-10-16-14/h2-7,10H,8-9,15H2,1H3. The molecule has 0 unspecified atom stereocenters. The molecule has 2 aromatic rings. The molecule has 0 bridgehead atoms. The van der Waals surface area contributed by atoms with Crippen molar-refractivity contribution in [2.24, 2.45) is 0 Å². The van der Waals surface area contributed by atoms with Crippen LogP contribution < -0.4 is 5.73 Å². The van der Waals surface area contributed by atoms with Crippen molar-refractivity contribution in [1.82, 2.24) is 4.98 Å². The van der Waals surface area contributed by atoms with Gasteiger partial charge in [-0.2, -0.15) is 0 Å². The Balaban J connectivity index is 2.02. The zero-order valence-corrected chi connectivity index (χ0v) is 9.48. The van der Waals surface area contributed by atoms with E-state index in [1.165, 1.54) is 11.1 Å². The van der Waals surface area contributed by atoms with Crippen LogP contribution >= 0.6 is 0 Å². The Kier molecular flexibility index (Phi) is 3.20. The van der Waals surface area contributed by atoms with E-state index in [9.17, 15) is 0 Å². The van der Waals surface area contributed by atoms with Crippen LogP contribution in [0.2, 0.25) is 0 Å². The summed E-state index contributed by atoms with van der Waals surface area (Å²) < 4.78 is 0. The average Bonchev–Trinajstić information content (AvgIpc) is 2.30. The smallest absolute Gasteiger partial charge is 0.0635 e. The minimum atomic E-state index is 0.787. The van der Waals surface area contributed by atoms with E-state index in [0.717, 1.165) is 24.2 Å². The SMILES string of the molecule is Cc1ccc(CCc2ncccc2N)cc1. The molecule has 0 saturated carbocycles. The molecule has 0 aliphatic rings. The molecule has 0 saturated heterocycles. The Bertz CT molecular complexity index is 460. The highest BCUT2D eigenvalue weighted by Crippen LogP contribution is 2.11. The van der Waals surface area contributed by atoms with Gasteiger partial charge in [-0.3, -0.25) is 4.98 Å². The second-order valence-electron chi connectivity index (χ2n) is 4.02. The minimum Gasteiger partial charge on any atom is -0.397 e. The molecule has 0 fully saturated rings. The van der Waals surface area contributed by atoms with Gasteiger partial charge in [-0.05, 0) is 37.5 Å². The highest BCUT2D eigenvalue weighted by molar-refractivity contribution is 5.42. The topological polar surface area (TPSA) is 38.9 Å². The van der Waals surface area contributed by atoms with Crippen molar-refractivity contribution in [3.05, 3.63) is 59.4 Å². The number of anilines is 1. The second kappa shape index (κ2) is 4.79. The number of nitrogens with two attached hydrogens (primary N) is 1. The maximum Gasteiger partial charge on any atom is 0.0635 e. The Morgan fingerprint density at radius 3 is 2.50 bits per heavy atom. The number of rotatable bonds is 3. The molecule has 2 heteroatoms. The predicted octanol–water partition coefficient (Wildman–Crippen LogP) is 2.76. The third-order valence-electron chi connectivity index (χ3n) is 2.70. The average molecular weight is 212 g/mol. The van der Waals surface area contributed by atoms with Gasteiger partial charge >= 0.3 is 0 Å². The third-order valence-corrected chi connectivity index (χ3v) is 2.70. The minimum absolute atomic E-state index is 0.787. The molecule has 0 spiro atoms. The molecule has 2 nitrogen and oxygen atoms in total. The number of aryl methyl sites for hydroxylation is 3. The molecule has 82 valence electrons. The normalized spacial score (nSPS) is 10.3. The van der Waals surface area contributed by atoms with Gasteiger partial charge in [0.05, 0.1) is 11.4 Å². The van der Waals surface area contributed by atoms with E-state index in [1.54, 1.807) is 6.20 Å². The summed E-state index contributed by atoms with van der Waals surface area (Å²) in [5.41, 5.74) is 10.2. The summed E-state index contributed by atoms with van der Waals surface area (Å²) in [6.07, 6.45) is 3.68. The van der Waals surface area contributed by atoms with E-state index in [-0.39, 0.29) is 0 Å². The first-order chi connectivity index (χ1) is 7.75. The first kappa shape index (κ1) is 10.7. The monoisotopic (exact) mass is 212 g/mol. The van der Waals surface area contributed by atoms with Crippen molar-refractivity contribution >= 4 is 5.69 Å². The fourth-order valence-corrected chi connectivity index (χ4v) is 1.68. The molecule has 2 N–H and O–H groups in total. The van der Waals surface area contributed by atoms with Gasteiger partial charge in [-0.25, -0.2) is 0 Å². The van der Waals surface area contributed by atoms with Crippen LogP contribution in [-0.2, 0) is 12.8 Å². The molecule has 1 aromatic heterocycles. The van der Waals surface area contributed by atoms with E-state index < -0.39 is 0 Å². The van der Waals surface area contributed by atoms with Gasteiger partial charge in [0.2, 0.25) is 0 Å². The maximum atomic E-state index is 5.85. The Hall–Kier alpha value is -1.83. The van der Waals surface area contributed by atoms with E-state index in [2.05, 4.69) is 36.2 Å². The first-order valence-electron chi connectivity index (χ1n) is 5.50.